The van der Waals surface area contributed by atoms with Gasteiger partial charge in [-0.15, -0.1) is 0 Å². The van der Waals surface area contributed by atoms with E-state index in [1.807, 2.05) is 36.4 Å². The van der Waals surface area contributed by atoms with Crippen molar-refractivity contribution in [3.8, 4) is 0 Å². The molecule has 6 heteroatoms. The van der Waals surface area contributed by atoms with E-state index in [2.05, 4.69) is 0 Å². The summed E-state index contributed by atoms with van der Waals surface area (Å²) in [5, 5.41) is 0. The first-order valence-electron chi connectivity index (χ1n) is 5.01. The van der Waals surface area contributed by atoms with Gasteiger partial charge in [-0.25, -0.2) is 0 Å². The van der Waals surface area contributed by atoms with Crippen LogP contribution in [0.5, 0.6) is 0 Å². The second-order valence-electron chi connectivity index (χ2n) is 3.42. The summed E-state index contributed by atoms with van der Waals surface area (Å²) < 4.78 is 0. The molecule has 3 nitrogen and oxygen atoms in total. The quantitative estimate of drug-likeness (QED) is 0.567. The molecule has 2 aromatic rings. The largest absolute Gasteiger partial charge is 0.328 e. The molecule has 0 saturated heterocycles. The number of benzene rings is 2. The molecule has 18 heavy (non-hydrogen) atoms. The van der Waals surface area contributed by atoms with Crippen molar-refractivity contribution in [2.45, 2.75) is 9.79 Å². The van der Waals surface area contributed by atoms with Crippen molar-refractivity contribution in [2.75, 3.05) is 0 Å². The van der Waals surface area contributed by atoms with Crippen LogP contribution in [0.1, 0.15) is 0 Å². The maximum absolute atomic E-state index is 9.62. The molecule has 0 aliphatic heterocycles. The third kappa shape index (κ3) is 3.89. The molecule has 0 saturated carbocycles. The Morgan fingerprint density at radius 3 is 1.28 bits per heavy atom. The monoisotopic (exact) mass is 366 g/mol. The molecular formula is C12H13MoO3PS. The number of hydrogen-bond acceptors (Lipinski definition) is 0. The standard InChI is InChI=1S/C12H13O3PS.Mo/c13-16(14,15)17(11-7-3-1-4-8-11)12-9-5-2-6-10-12;/h1-10,13-15H;. The molecule has 0 aliphatic rings. The van der Waals surface area contributed by atoms with Gasteiger partial charge in [-0.3, -0.25) is 0 Å². The Kier molecular flexibility index (Phi) is 6.00. The van der Waals surface area contributed by atoms with Crippen molar-refractivity contribution in [1.82, 2.24) is 0 Å². The molecular weight excluding hydrogens is 351 g/mol. The van der Waals surface area contributed by atoms with Crippen LogP contribution in [0.15, 0.2) is 70.5 Å². The van der Waals surface area contributed by atoms with Crippen molar-refractivity contribution in [2.24, 2.45) is 0 Å². The van der Waals surface area contributed by atoms with E-state index in [0.717, 1.165) is 9.79 Å². The molecule has 2 rings (SSSR count). The Bertz CT molecular complexity index is 504. The summed E-state index contributed by atoms with van der Waals surface area (Å²) >= 11 is 0. The van der Waals surface area contributed by atoms with Gasteiger partial charge in [0.2, 0.25) is 0 Å². The molecule has 0 fully saturated rings. The van der Waals surface area contributed by atoms with E-state index in [4.69, 9.17) is 0 Å². The van der Waals surface area contributed by atoms with Crippen molar-refractivity contribution >= 4 is 16.8 Å². The average Bonchev–Trinajstić information content (AvgIpc) is 2.30. The van der Waals surface area contributed by atoms with Gasteiger partial charge in [0.1, 0.15) is 0 Å². The van der Waals surface area contributed by atoms with Crippen LogP contribution in [0.3, 0.4) is 0 Å². The molecule has 96 valence electrons. The molecule has 0 spiro atoms. The van der Waals surface area contributed by atoms with Crippen LogP contribution in [0.25, 0.3) is 0 Å². The predicted octanol–water partition coefficient (Wildman–Crippen LogP) is 2.37. The van der Waals surface area contributed by atoms with E-state index in [9.17, 15) is 14.7 Å². The van der Waals surface area contributed by atoms with E-state index in [-0.39, 0.29) is 21.1 Å². The average molecular weight is 364 g/mol. The fourth-order valence-electron chi connectivity index (χ4n) is 1.52. The van der Waals surface area contributed by atoms with Gasteiger partial charge >= 0.3 is 0 Å². The molecule has 0 radical (unpaired) electrons. The first kappa shape index (κ1) is 15.8. The zero-order chi connectivity index (χ0) is 12.3. The van der Waals surface area contributed by atoms with Crippen LogP contribution in [-0.2, 0) is 31.1 Å². The minimum absolute atomic E-state index is 0. The third-order valence-electron chi connectivity index (χ3n) is 2.18. The summed E-state index contributed by atoms with van der Waals surface area (Å²) in [6.07, 6.45) is 0. The fourth-order valence-corrected chi connectivity index (χ4v) is 5.61. The summed E-state index contributed by atoms with van der Waals surface area (Å²) in [5.74, 6) is 0. The Morgan fingerprint density at radius 2 is 1.00 bits per heavy atom. The van der Waals surface area contributed by atoms with E-state index >= 15 is 0 Å². The zero-order valence-electron chi connectivity index (χ0n) is 9.38. The molecule has 0 aromatic heterocycles. The Morgan fingerprint density at radius 1 is 0.667 bits per heavy atom. The van der Waals surface area contributed by atoms with E-state index < -0.39 is 16.8 Å². The summed E-state index contributed by atoms with van der Waals surface area (Å²) in [6, 6.07) is 18.1. The molecule has 2 aromatic carbocycles. The minimum Gasteiger partial charge on any atom is -0.328 e. The smallest absolute Gasteiger partial charge is 0.286 e. The van der Waals surface area contributed by atoms with Crippen LogP contribution in [-0.4, -0.2) is 14.7 Å². The normalized spacial score (nSPS) is 11.1. The topological polar surface area (TPSA) is 60.7 Å². The van der Waals surface area contributed by atoms with Gasteiger partial charge in [0.15, 0.2) is 0 Å². The van der Waals surface area contributed by atoms with Gasteiger partial charge in [-0.05, 0) is 24.3 Å². The molecule has 0 bridgehead atoms. The molecule has 0 heterocycles. The van der Waals surface area contributed by atoms with Crippen molar-refractivity contribution < 1.29 is 35.7 Å². The predicted molar refractivity (Wildman–Crippen MR) is 70.4 cm³/mol. The van der Waals surface area contributed by atoms with E-state index in [1.165, 1.54) is 0 Å². The first-order chi connectivity index (χ1) is 8.09. The van der Waals surface area contributed by atoms with Crippen LogP contribution in [0, 0.1) is 0 Å². The van der Waals surface area contributed by atoms with Crippen molar-refractivity contribution in [3.05, 3.63) is 60.7 Å². The van der Waals surface area contributed by atoms with Crippen LogP contribution in [0.2, 0.25) is 0 Å². The third-order valence-corrected chi connectivity index (χ3v) is 6.84. The van der Waals surface area contributed by atoms with Crippen LogP contribution >= 0.6 is 6.72 Å². The Hall–Kier alpha value is -0.212. The van der Waals surface area contributed by atoms with Crippen molar-refractivity contribution in [3.63, 3.8) is 0 Å². The summed E-state index contributed by atoms with van der Waals surface area (Å²) in [7, 11) is -1.09. The molecule has 3 N–H and O–H groups in total. The summed E-state index contributed by atoms with van der Waals surface area (Å²) in [6.45, 7) is -3.94. The van der Waals surface area contributed by atoms with Crippen molar-refractivity contribution in [1.29, 1.82) is 0 Å². The maximum Gasteiger partial charge on any atom is 0.286 e. The molecule has 0 unspecified atom stereocenters. The number of rotatable bonds is 2. The minimum atomic E-state index is -3.94. The summed E-state index contributed by atoms with van der Waals surface area (Å²) in [4.78, 5) is 30.3. The fraction of sp³-hybridized carbons (Fsp3) is 0. The van der Waals surface area contributed by atoms with E-state index in [0.29, 0.717) is 0 Å². The first-order valence-corrected chi connectivity index (χ1v) is 8.49. The van der Waals surface area contributed by atoms with Gasteiger partial charge in [-0.1, -0.05) is 46.5 Å². The van der Waals surface area contributed by atoms with Crippen LogP contribution < -0.4 is 0 Å². The Balaban J connectivity index is 0.00000162. The van der Waals surface area contributed by atoms with Gasteiger partial charge in [-0.2, -0.15) is 0 Å². The number of hydrogen-bond donors (Lipinski definition) is 3. The Labute approximate surface area is 123 Å². The van der Waals surface area contributed by atoms with Gasteiger partial charge in [0.25, 0.3) is 6.72 Å². The van der Waals surface area contributed by atoms with Crippen LogP contribution in [0.4, 0.5) is 0 Å². The zero-order valence-corrected chi connectivity index (χ0v) is 13.1. The van der Waals surface area contributed by atoms with Gasteiger partial charge < -0.3 is 14.7 Å². The van der Waals surface area contributed by atoms with Gasteiger partial charge in [0, 0.05) is 30.9 Å². The SMILES string of the molecule is OP(O)(O)=S(c1ccccc1)c1ccccc1.[Mo]. The second-order valence-corrected chi connectivity index (χ2v) is 8.53. The molecule has 0 atom stereocenters. The maximum atomic E-state index is 9.62. The molecule has 0 aliphatic carbocycles. The van der Waals surface area contributed by atoms with Gasteiger partial charge in [0.05, 0.1) is 0 Å². The second kappa shape index (κ2) is 6.81. The van der Waals surface area contributed by atoms with E-state index in [1.54, 1.807) is 24.3 Å². The summed E-state index contributed by atoms with van der Waals surface area (Å²) in [5.41, 5.74) is 0. The molecule has 0 amide bonds.